The largest absolute Gasteiger partial charge is 0.378 e. The van der Waals surface area contributed by atoms with Crippen LogP contribution in [0.25, 0.3) is 0 Å². The van der Waals surface area contributed by atoms with Crippen LogP contribution in [0.4, 0.5) is 5.69 Å². The van der Waals surface area contributed by atoms with E-state index in [1.165, 1.54) is 0 Å². The standard InChI is InChI=1S/C11H13ClN4/c1-2-16-8-14-15-11(16)7-13-10-5-3-9(12)4-6-10/h3-6,8,13H,2,7H2,1H3. The topological polar surface area (TPSA) is 42.7 Å². The Labute approximate surface area is 99.3 Å². The minimum Gasteiger partial charge on any atom is -0.378 e. The van der Waals surface area contributed by atoms with Crippen molar-refractivity contribution in [1.29, 1.82) is 0 Å². The van der Waals surface area contributed by atoms with Crippen LogP contribution in [-0.4, -0.2) is 14.8 Å². The molecule has 0 saturated heterocycles. The van der Waals surface area contributed by atoms with E-state index in [0.717, 1.165) is 23.1 Å². The van der Waals surface area contributed by atoms with Gasteiger partial charge < -0.3 is 9.88 Å². The van der Waals surface area contributed by atoms with Crippen molar-refractivity contribution in [2.45, 2.75) is 20.0 Å². The molecule has 0 fully saturated rings. The van der Waals surface area contributed by atoms with Crippen LogP contribution in [0, 0.1) is 0 Å². The second-order valence-corrected chi connectivity index (χ2v) is 3.83. The van der Waals surface area contributed by atoms with E-state index in [9.17, 15) is 0 Å². The second kappa shape index (κ2) is 4.99. The summed E-state index contributed by atoms with van der Waals surface area (Å²) in [5.41, 5.74) is 1.02. The third-order valence-electron chi connectivity index (χ3n) is 2.33. The predicted molar refractivity (Wildman–Crippen MR) is 64.5 cm³/mol. The Hall–Kier alpha value is -1.55. The van der Waals surface area contributed by atoms with Gasteiger partial charge in [0.15, 0.2) is 5.82 Å². The van der Waals surface area contributed by atoms with Gasteiger partial charge in [-0.05, 0) is 31.2 Å². The smallest absolute Gasteiger partial charge is 0.152 e. The van der Waals surface area contributed by atoms with E-state index in [2.05, 4.69) is 22.4 Å². The fraction of sp³-hybridized carbons (Fsp3) is 0.273. The van der Waals surface area contributed by atoms with Crippen molar-refractivity contribution in [2.75, 3.05) is 5.32 Å². The molecule has 0 aliphatic heterocycles. The number of rotatable bonds is 4. The number of nitrogens with zero attached hydrogens (tertiary/aromatic N) is 3. The van der Waals surface area contributed by atoms with Crippen LogP contribution in [0.15, 0.2) is 30.6 Å². The Balaban J connectivity index is 1.99. The lowest BCUT2D eigenvalue weighted by atomic mass is 10.3. The van der Waals surface area contributed by atoms with E-state index in [1.807, 2.05) is 28.8 Å². The van der Waals surface area contributed by atoms with Crippen molar-refractivity contribution < 1.29 is 0 Å². The van der Waals surface area contributed by atoms with Gasteiger partial charge in [0.1, 0.15) is 6.33 Å². The molecule has 2 rings (SSSR count). The SMILES string of the molecule is CCn1cnnc1CNc1ccc(Cl)cc1. The molecule has 1 heterocycles. The zero-order chi connectivity index (χ0) is 11.4. The van der Waals surface area contributed by atoms with Gasteiger partial charge in [-0.1, -0.05) is 11.6 Å². The summed E-state index contributed by atoms with van der Waals surface area (Å²) in [7, 11) is 0. The summed E-state index contributed by atoms with van der Waals surface area (Å²) in [6, 6.07) is 7.59. The van der Waals surface area contributed by atoms with Gasteiger partial charge in [0.05, 0.1) is 6.54 Å². The van der Waals surface area contributed by atoms with Crippen molar-refractivity contribution in [3.8, 4) is 0 Å². The molecule has 0 unspecified atom stereocenters. The van der Waals surface area contributed by atoms with Crippen LogP contribution in [0.2, 0.25) is 5.02 Å². The molecular weight excluding hydrogens is 224 g/mol. The molecule has 0 bridgehead atoms. The fourth-order valence-corrected chi connectivity index (χ4v) is 1.55. The Kier molecular flexibility index (Phi) is 3.41. The highest BCUT2D eigenvalue weighted by atomic mass is 35.5. The number of benzene rings is 1. The highest BCUT2D eigenvalue weighted by molar-refractivity contribution is 6.30. The molecule has 0 radical (unpaired) electrons. The molecule has 84 valence electrons. The van der Waals surface area contributed by atoms with Gasteiger partial charge in [-0.3, -0.25) is 0 Å². The molecule has 2 aromatic rings. The van der Waals surface area contributed by atoms with Crippen molar-refractivity contribution in [3.05, 3.63) is 41.4 Å². The molecule has 0 spiro atoms. The van der Waals surface area contributed by atoms with Crippen LogP contribution in [0.1, 0.15) is 12.7 Å². The maximum absolute atomic E-state index is 5.80. The highest BCUT2D eigenvalue weighted by Crippen LogP contribution is 2.13. The summed E-state index contributed by atoms with van der Waals surface area (Å²) >= 11 is 5.80. The summed E-state index contributed by atoms with van der Waals surface area (Å²) in [5, 5.41) is 11.9. The van der Waals surface area contributed by atoms with Crippen molar-refractivity contribution in [2.24, 2.45) is 0 Å². The Morgan fingerprint density at radius 2 is 2.06 bits per heavy atom. The first kappa shape index (κ1) is 11.0. The van der Waals surface area contributed by atoms with E-state index >= 15 is 0 Å². The fourth-order valence-electron chi connectivity index (χ4n) is 1.43. The molecule has 0 atom stereocenters. The lowest BCUT2D eigenvalue weighted by Crippen LogP contribution is -2.07. The van der Waals surface area contributed by atoms with Crippen molar-refractivity contribution in [1.82, 2.24) is 14.8 Å². The number of anilines is 1. The third-order valence-corrected chi connectivity index (χ3v) is 2.58. The number of aryl methyl sites for hydroxylation is 1. The molecular formula is C11H13ClN4. The lowest BCUT2D eigenvalue weighted by molar-refractivity contribution is 0.708. The Bertz CT molecular complexity index is 449. The Morgan fingerprint density at radius 3 is 2.75 bits per heavy atom. The first-order valence-corrected chi connectivity index (χ1v) is 5.53. The highest BCUT2D eigenvalue weighted by Gasteiger charge is 2.01. The van der Waals surface area contributed by atoms with Gasteiger partial charge in [-0.2, -0.15) is 0 Å². The van der Waals surface area contributed by atoms with E-state index in [4.69, 9.17) is 11.6 Å². The van der Waals surface area contributed by atoms with Crippen molar-refractivity contribution >= 4 is 17.3 Å². The molecule has 1 aromatic heterocycles. The van der Waals surface area contributed by atoms with E-state index in [0.29, 0.717) is 6.54 Å². The molecule has 1 N–H and O–H groups in total. The molecule has 0 aliphatic carbocycles. The summed E-state index contributed by atoms with van der Waals surface area (Å²) in [6.07, 6.45) is 1.73. The quantitative estimate of drug-likeness (QED) is 0.887. The minimum atomic E-state index is 0.662. The first-order valence-electron chi connectivity index (χ1n) is 5.15. The van der Waals surface area contributed by atoms with Crippen LogP contribution < -0.4 is 5.32 Å². The number of nitrogens with one attached hydrogen (secondary N) is 1. The van der Waals surface area contributed by atoms with E-state index in [-0.39, 0.29) is 0 Å². The molecule has 0 aliphatic rings. The number of aromatic nitrogens is 3. The maximum atomic E-state index is 5.80. The zero-order valence-corrected chi connectivity index (χ0v) is 9.78. The summed E-state index contributed by atoms with van der Waals surface area (Å²) in [5.74, 6) is 0.928. The predicted octanol–water partition coefficient (Wildman–Crippen LogP) is 2.56. The monoisotopic (exact) mass is 236 g/mol. The molecule has 1 aromatic carbocycles. The number of halogens is 1. The average molecular weight is 237 g/mol. The first-order chi connectivity index (χ1) is 7.79. The second-order valence-electron chi connectivity index (χ2n) is 3.39. The number of hydrogen-bond donors (Lipinski definition) is 1. The minimum absolute atomic E-state index is 0.662. The van der Waals surface area contributed by atoms with Gasteiger partial charge in [0, 0.05) is 17.3 Å². The van der Waals surface area contributed by atoms with E-state index in [1.54, 1.807) is 6.33 Å². The van der Waals surface area contributed by atoms with Crippen LogP contribution in [-0.2, 0) is 13.1 Å². The van der Waals surface area contributed by atoms with Crippen LogP contribution in [0.5, 0.6) is 0 Å². The summed E-state index contributed by atoms with van der Waals surface area (Å²) < 4.78 is 2.00. The maximum Gasteiger partial charge on any atom is 0.152 e. The Morgan fingerprint density at radius 1 is 1.31 bits per heavy atom. The lowest BCUT2D eigenvalue weighted by Gasteiger charge is -2.06. The van der Waals surface area contributed by atoms with Crippen LogP contribution >= 0.6 is 11.6 Å². The van der Waals surface area contributed by atoms with Gasteiger partial charge in [-0.25, -0.2) is 0 Å². The summed E-state index contributed by atoms with van der Waals surface area (Å²) in [4.78, 5) is 0. The van der Waals surface area contributed by atoms with Gasteiger partial charge in [-0.15, -0.1) is 10.2 Å². The average Bonchev–Trinajstić information content (AvgIpc) is 2.76. The van der Waals surface area contributed by atoms with Crippen molar-refractivity contribution in [3.63, 3.8) is 0 Å². The molecule has 0 amide bonds. The van der Waals surface area contributed by atoms with Gasteiger partial charge in [0.25, 0.3) is 0 Å². The summed E-state index contributed by atoms with van der Waals surface area (Å²) in [6.45, 7) is 3.61. The molecule has 0 saturated carbocycles. The molecule has 5 heteroatoms. The molecule has 16 heavy (non-hydrogen) atoms. The normalized spacial score (nSPS) is 10.4. The van der Waals surface area contributed by atoms with E-state index < -0.39 is 0 Å². The number of hydrogen-bond acceptors (Lipinski definition) is 3. The third kappa shape index (κ3) is 2.52. The van der Waals surface area contributed by atoms with Gasteiger partial charge in [0.2, 0.25) is 0 Å². The zero-order valence-electron chi connectivity index (χ0n) is 9.02. The van der Waals surface area contributed by atoms with Gasteiger partial charge >= 0.3 is 0 Å². The molecule has 4 nitrogen and oxygen atoms in total. The van der Waals surface area contributed by atoms with Crippen LogP contribution in [0.3, 0.4) is 0 Å².